The van der Waals surface area contributed by atoms with Crippen LogP contribution in [-0.4, -0.2) is 9.55 Å². The van der Waals surface area contributed by atoms with Gasteiger partial charge in [0.25, 0.3) is 0 Å². The molecule has 0 radical (unpaired) electrons. The summed E-state index contributed by atoms with van der Waals surface area (Å²) in [5.41, 5.74) is 6.37. The molecule has 222 valence electrons. The molecular formula is C38H31N4OPt-3. The SMILES string of the molecule is CC1(C)C2=CN(c3ccccc3)[CH-]N2c2[c-]c(Oc3[c-]c4c(cc3)c3ccccc3n4-c3ccccn3)ccc2C1(C)C.[Pt]. The second-order valence-electron chi connectivity index (χ2n) is 12.3. The molecule has 0 fully saturated rings. The Labute approximate surface area is 272 Å². The number of hydrogen-bond acceptors (Lipinski definition) is 4. The van der Waals surface area contributed by atoms with Gasteiger partial charge in [-0.15, -0.1) is 41.9 Å². The molecule has 6 aromatic rings. The molecule has 2 aliphatic heterocycles. The average Bonchev–Trinajstić information content (AvgIpc) is 3.62. The molecule has 5 nitrogen and oxygen atoms in total. The zero-order valence-electron chi connectivity index (χ0n) is 25.0. The number of para-hydroxylation sites is 2. The number of pyridine rings is 1. The van der Waals surface area contributed by atoms with Crippen LogP contribution in [0, 0.1) is 24.2 Å². The summed E-state index contributed by atoms with van der Waals surface area (Å²) >= 11 is 0. The number of rotatable bonds is 4. The van der Waals surface area contributed by atoms with Crippen LogP contribution in [0.1, 0.15) is 33.3 Å². The number of aromatic nitrogens is 2. The van der Waals surface area contributed by atoms with Gasteiger partial charge in [-0.3, -0.25) is 0 Å². The molecule has 4 heterocycles. The summed E-state index contributed by atoms with van der Waals surface area (Å²) < 4.78 is 8.65. The van der Waals surface area contributed by atoms with Crippen molar-refractivity contribution in [3.8, 4) is 17.3 Å². The standard InChI is InChI=1S/C38H31N4O.Pt/c1-37(2)31-20-18-28(23-34(31)41-25-40(24-35(41)38(37,3)4)26-12-6-5-7-13-26)43-27-17-19-30-29-14-8-9-15-32(29)42(33(30)22-27)36-16-10-11-21-39-36;/h5-21,24-25H,1-4H3;/q-3;. The fraction of sp³-hybridized carbons (Fsp3) is 0.158. The number of benzene rings is 4. The van der Waals surface area contributed by atoms with Crippen molar-refractivity contribution in [2.75, 3.05) is 9.80 Å². The number of hydrogen-bond donors (Lipinski definition) is 0. The second kappa shape index (κ2) is 10.4. The molecule has 44 heavy (non-hydrogen) atoms. The Bertz CT molecular complexity index is 2050. The minimum Gasteiger partial charge on any atom is -0.509 e. The molecule has 0 spiro atoms. The van der Waals surface area contributed by atoms with Gasteiger partial charge in [0.2, 0.25) is 0 Å². The molecule has 0 saturated heterocycles. The first-order valence-electron chi connectivity index (χ1n) is 14.6. The quantitative estimate of drug-likeness (QED) is 0.168. The van der Waals surface area contributed by atoms with Crippen molar-refractivity contribution in [1.29, 1.82) is 0 Å². The maximum absolute atomic E-state index is 6.50. The smallest absolute Gasteiger partial charge is 0.135 e. The Kier molecular flexibility index (Phi) is 6.71. The fourth-order valence-corrected chi connectivity index (χ4v) is 6.45. The van der Waals surface area contributed by atoms with Crippen LogP contribution in [0.4, 0.5) is 11.4 Å². The number of nitrogens with zero attached hydrogens (tertiary/aromatic N) is 4. The summed E-state index contributed by atoms with van der Waals surface area (Å²) in [6.45, 7) is 11.5. The Hall–Kier alpha value is -4.34. The summed E-state index contributed by atoms with van der Waals surface area (Å²) in [5.74, 6) is 2.13. The molecule has 6 heteroatoms. The number of allylic oxidation sites excluding steroid dienone is 1. The van der Waals surface area contributed by atoms with E-state index in [1.807, 2.05) is 42.6 Å². The summed E-state index contributed by atoms with van der Waals surface area (Å²) in [5, 5.41) is 2.26. The minimum absolute atomic E-state index is 0. The molecule has 0 N–H and O–H groups in total. The normalized spacial score (nSPS) is 16.3. The Morgan fingerprint density at radius 2 is 1.45 bits per heavy atom. The van der Waals surface area contributed by atoms with E-state index in [0.29, 0.717) is 11.5 Å². The number of anilines is 2. The van der Waals surface area contributed by atoms with Crippen molar-refractivity contribution < 1.29 is 25.8 Å². The second-order valence-corrected chi connectivity index (χ2v) is 12.3. The molecule has 8 rings (SSSR count). The molecule has 0 aliphatic carbocycles. The maximum Gasteiger partial charge on any atom is 0.135 e. The largest absolute Gasteiger partial charge is 0.509 e. The van der Waals surface area contributed by atoms with Crippen molar-refractivity contribution in [1.82, 2.24) is 9.55 Å². The minimum atomic E-state index is -0.130. The van der Waals surface area contributed by atoms with Crippen molar-refractivity contribution in [3.63, 3.8) is 0 Å². The van der Waals surface area contributed by atoms with E-state index in [9.17, 15) is 0 Å². The molecule has 2 aliphatic rings. The van der Waals surface area contributed by atoms with Crippen LogP contribution in [-0.2, 0) is 26.5 Å². The predicted molar refractivity (Wildman–Crippen MR) is 173 cm³/mol. The summed E-state index contributed by atoms with van der Waals surface area (Å²) in [4.78, 5) is 9.11. The summed E-state index contributed by atoms with van der Waals surface area (Å²) in [7, 11) is 0. The van der Waals surface area contributed by atoms with Crippen LogP contribution >= 0.6 is 0 Å². The zero-order chi connectivity index (χ0) is 29.3. The van der Waals surface area contributed by atoms with Gasteiger partial charge in [-0.1, -0.05) is 81.4 Å². The molecular weight excluding hydrogens is 724 g/mol. The van der Waals surface area contributed by atoms with Crippen molar-refractivity contribution in [3.05, 3.63) is 140 Å². The summed E-state index contributed by atoms with van der Waals surface area (Å²) in [6.07, 6.45) is 4.07. The van der Waals surface area contributed by atoms with Gasteiger partial charge in [0.15, 0.2) is 0 Å². The van der Waals surface area contributed by atoms with E-state index < -0.39 is 0 Å². The van der Waals surface area contributed by atoms with Crippen LogP contribution < -0.4 is 14.5 Å². The molecule has 0 bridgehead atoms. The first-order chi connectivity index (χ1) is 20.8. The molecule has 0 unspecified atom stereocenters. The Morgan fingerprint density at radius 3 is 2.25 bits per heavy atom. The van der Waals surface area contributed by atoms with E-state index in [0.717, 1.165) is 39.0 Å². The number of fused-ring (bicyclic) bond motifs is 6. The van der Waals surface area contributed by atoms with Gasteiger partial charge in [-0.25, -0.2) is 4.98 Å². The van der Waals surface area contributed by atoms with Gasteiger partial charge in [-0.2, -0.15) is 12.1 Å². The molecule has 0 saturated carbocycles. The van der Waals surface area contributed by atoms with Gasteiger partial charge < -0.3 is 19.1 Å². The third-order valence-corrected chi connectivity index (χ3v) is 9.49. The Morgan fingerprint density at radius 1 is 0.727 bits per heavy atom. The summed E-state index contributed by atoms with van der Waals surface area (Å²) in [6, 6.07) is 40.3. The Balaban J connectivity index is 0.00000312. The van der Waals surface area contributed by atoms with Crippen LogP contribution in [0.2, 0.25) is 0 Å². The van der Waals surface area contributed by atoms with Gasteiger partial charge in [0, 0.05) is 61.1 Å². The van der Waals surface area contributed by atoms with Crippen LogP contribution in [0.15, 0.2) is 115 Å². The molecule has 0 amide bonds. The van der Waals surface area contributed by atoms with E-state index in [-0.39, 0.29) is 31.9 Å². The third kappa shape index (κ3) is 4.21. The van der Waals surface area contributed by atoms with E-state index >= 15 is 0 Å². The molecule has 4 aromatic carbocycles. The van der Waals surface area contributed by atoms with Gasteiger partial charge in [0.1, 0.15) is 5.82 Å². The van der Waals surface area contributed by atoms with E-state index in [4.69, 9.17) is 4.74 Å². The van der Waals surface area contributed by atoms with Gasteiger partial charge >= 0.3 is 0 Å². The molecule has 2 aromatic heterocycles. The zero-order valence-corrected chi connectivity index (χ0v) is 27.3. The van der Waals surface area contributed by atoms with Crippen LogP contribution in [0.25, 0.3) is 27.6 Å². The third-order valence-electron chi connectivity index (χ3n) is 9.49. The van der Waals surface area contributed by atoms with Crippen LogP contribution in [0.3, 0.4) is 0 Å². The van der Waals surface area contributed by atoms with E-state index in [2.05, 4.69) is 133 Å². The van der Waals surface area contributed by atoms with Crippen molar-refractivity contribution >= 4 is 33.2 Å². The molecule has 0 atom stereocenters. The van der Waals surface area contributed by atoms with Gasteiger partial charge in [-0.05, 0) is 47.3 Å². The first-order valence-corrected chi connectivity index (χ1v) is 14.6. The average molecular weight is 755 g/mol. The topological polar surface area (TPSA) is 33.5 Å². The predicted octanol–water partition coefficient (Wildman–Crippen LogP) is 9.17. The van der Waals surface area contributed by atoms with Gasteiger partial charge in [0.05, 0.1) is 0 Å². The first kappa shape index (κ1) is 28.4. The maximum atomic E-state index is 6.50. The van der Waals surface area contributed by atoms with Crippen molar-refractivity contribution in [2.24, 2.45) is 5.41 Å². The van der Waals surface area contributed by atoms with E-state index in [1.54, 1.807) is 0 Å². The fourth-order valence-electron chi connectivity index (χ4n) is 6.45. The van der Waals surface area contributed by atoms with E-state index in [1.165, 1.54) is 11.3 Å². The van der Waals surface area contributed by atoms with Crippen LogP contribution in [0.5, 0.6) is 11.5 Å². The monoisotopic (exact) mass is 754 g/mol. The van der Waals surface area contributed by atoms with Crippen molar-refractivity contribution in [2.45, 2.75) is 33.1 Å². The number of ether oxygens (including phenoxy) is 1.